The van der Waals surface area contributed by atoms with Crippen molar-refractivity contribution in [2.24, 2.45) is 5.92 Å². The number of thioether (sulfide) groups is 1. The van der Waals surface area contributed by atoms with Gasteiger partial charge >= 0.3 is 5.97 Å². The summed E-state index contributed by atoms with van der Waals surface area (Å²) in [7, 11) is 0. The Morgan fingerprint density at radius 1 is 1.44 bits per heavy atom. The Morgan fingerprint density at radius 3 is 2.88 bits per heavy atom. The highest BCUT2D eigenvalue weighted by atomic mass is 32.2. The van der Waals surface area contributed by atoms with Crippen molar-refractivity contribution in [3.05, 3.63) is 11.0 Å². The molecule has 0 aromatic carbocycles. The summed E-state index contributed by atoms with van der Waals surface area (Å²) in [6.45, 7) is 2.34. The lowest BCUT2D eigenvalue weighted by Crippen LogP contribution is -2.19. The van der Waals surface area contributed by atoms with Gasteiger partial charge in [-0.05, 0) is 37.5 Å². The summed E-state index contributed by atoms with van der Waals surface area (Å²) in [6, 6.07) is 0. The average Bonchev–Trinajstić information content (AvgIpc) is 2.80. The van der Waals surface area contributed by atoms with Crippen molar-refractivity contribution in [1.82, 2.24) is 0 Å². The van der Waals surface area contributed by atoms with Crippen LogP contribution in [0.3, 0.4) is 0 Å². The van der Waals surface area contributed by atoms with Gasteiger partial charge in [-0.15, -0.1) is 11.8 Å². The van der Waals surface area contributed by atoms with Gasteiger partial charge in [0.05, 0.1) is 6.61 Å². The molecule has 0 bridgehead atoms. The van der Waals surface area contributed by atoms with Crippen LogP contribution in [0.5, 0.6) is 0 Å². The van der Waals surface area contributed by atoms with Gasteiger partial charge in [-0.25, -0.2) is 4.79 Å². The number of hydrogen-bond donors (Lipinski definition) is 0. The first-order valence-electron chi connectivity index (χ1n) is 6.33. The molecule has 0 amide bonds. The number of carbonyl (C=O) groups excluding carboxylic acids is 1. The summed E-state index contributed by atoms with van der Waals surface area (Å²) >= 11 is 1.85. The van der Waals surface area contributed by atoms with Gasteiger partial charge in [0.25, 0.3) is 0 Å². The molecule has 0 saturated heterocycles. The summed E-state index contributed by atoms with van der Waals surface area (Å²) in [5, 5.41) is 2.66. The molecular formula is C13H20O2S. The monoisotopic (exact) mass is 240 g/mol. The highest BCUT2D eigenvalue weighted by Crippen LogP contribution is 2.41. The van der Waals surface area contributed by atoms with Crippen molar-refractivity contribution in [2.75, 3.05) is 6.61 Å². The van der Waals surface area contributed by atoms with Gasteiger partial charge in [0.2, 0.25) is 0 Å². The third-order valence-electron chi connectivity index (χ3n) is 3.52. The van der Waals surface area contributed by atoms with Gasteiger partial charge < -0.3 is 4.74 Å². The molecule has 1 heterocycles. The minimum Gasteiger partial charge on any atom is -0.463 e. The van der Waals surface area contributed by atoms with Crippen LogP contribution in [0.4, 0.5) is 0 Å². The third-order valence-corrected chi connectivity index (χ3v) is 4.84. The molecule has 1 saturated carbocycles. The van der Waals surface area contributed by atoms with Gasteiger partial charge in [-0.1, -0.05) is 19.3 Å². The van der Waals surface area contributed by atoms with Crippen LogP contribution in [0.25, 0.3) is 0 Å². The molecule has 2 aliphatic rings. The lowest BCUT2D eigenvalue weighted by molar-refractivity contribution is -0.138. The van der Waals surface area contributed by atoms with Crippen LogP contribution in [0, 0.1) is 5.92 Å². The highest BCUT2D eigenvalue weighted by Gasteiger charge is 2.30. The van der Waals surface area contributed by atoms with Crippen molar-refractivity contribution in [3.63, 3.8) is 0 Å². The summed E-state index contributed by atoms with van der Waals surface area (Å²) in [4.78, 5) is 11.6. The lowest BCUT2D eigenvalue weighted by atomic mass is 9.85. The number of hydrogen-bond acceptors (Lipinski definition) is 3. The third kappa shape index (κ3) is 2.82. The maximum absolute atomic E-state index is 11.6. The number of esters is 1. The lowest BCUT2D eigenvalue weighted by Gasteiger charge is -2.26. The topological polar surface area (TPSA) is 26.3 Å². The van der Waals surface area contributed by atoms with Crippen molar-refractivity contribution in [2.45, 2.75) is 50.7 Å². The number of rotatable bonds is 3. The normalized spacial score (nSPS) is 26.6. The van der Waals surface area contributed by atoms with Crippen molar-refractivity contribution >= 4 is 17.7 Å². The van der Waals surface area contributed by atoms with E-state index in [1.807, 2.05) is 24.1 Å². The van der Waals surface area contributed by atoms with Crippen LogP contribution < -0.4 is 0 Å². The Bertz CT molecular complexity index is 280. The number of carbonyl (C=O) groups is 1. The van der Waals surface area contributed by atoms with E-state index in [0.29, 0.717) is 11.9 Å². The molecule has 1 unspecified atom stereocenters. The molecule has 1 fully saturated rings. The molecule has 1 aliphatic carbocycles. The largest absolute Gasteiger partial charge is 0.463 e. The van der Waals surface area contributed by atoms with E-state index in [1.165, 1.54) is 32.1 Å². The van der Waals surface area contributed by atoms with Crippen LogP contribution in [0.15, 0.2) is 11.0 Å². The Morgan fingerprint density at radius 2 is 2.19 bits per heavy atom. The minimum atomic E-state index is -0.103. The summed E-state index contributed by atoms with van der Waals surface area (Å²) in [6.07, 6.45) is 7.76. The second-order valence-corrected chi connectivity index (χ2v) is 5.75. The molecule has 0 aromatic heterocycles. The summed E-state index contributed by atoms with van der Waals surface area (Å²) in [5.74, 6) is 0.718. The quantitative estimate of drug-likeness (QED) is 0.706. The van der Waals surface area contributed by atoms with E-state index in [1.54, 1.807) is 0 Å². The Labute approximate surface area is 102 Å². The van der Waals surface area contributed by atoms with Crippen LogP contribution in [0.2, 0.25) is 0 Å². The Kier molecular flexibility index (Phi) is 4.33. The molecule has 1 aliphatic heterocycles. The van der Waals surface area contributed by atoms with E-state index in [-0.39, 0.29) is 5.97 Å². The predicted octanol–water partition coefficient (Wildman–Crippen LogP) is 3.52. The maximum Gasteiger partial charge on any atom is 0.334 e. The van der Waals surface area contributed by atoms with E-state index in [0.717, 1.165) is 17.9 Å². The SMILES string of the molecule is CCOC(=O)C1=CSC(C2CCCCC2)C1. The molecule has 1 atom stereocenters. The Balaban J connectivity index is 1.83. The van der Waals surface area contributed by atoms with Crippen molar-refractivity contribution < 1.29 is 9.53 Å². The van der Waals surface area contributed by atoms with Crippen LogP contribution >= 0.6 is 11.8 Å². The second-order valence-electron chi connectivity index (χ2n) is 4.64. The number of ether oxygens (including phenoxy) is 1. The first-order valence-corrected chi connectivity index (χ1v) is 7.27. The zero-order valence-corrected chi connectivity index (χ0v) is 10.7. The molecule has 0 N–H and O–H groups in total. The Hall–Kier alpha value is -0.440. The molecule has 16 heavy (non-hydrogen) atoms. The van der Waals surface area contributed by atoms with Gasteiger partial charge in [0.15, 0.2) is 0 Å². The van der Waals surface area contributed by atoms with Crippen molar-refractivity contribution in [3.8, 4) is 0 Å². The van der Waals surface area contributed by atoms with E-state index >= 15 is 0 Å². The summed E-state index contributed by atoms with van der Waals surface area (Å²) < 4.78 is 5.04. The van der Waals surface area contributed by atoms with E-state index in [2.05, 4.69) is 0 Å². The molecule has 0 aromatic rings. The average molecular weight is 240 g/mol. The molecule has 0 radical (unpaired) electrons. The van der Waals surface area contributed by atoms with Gasteiger partial charge in [0.1, 0.15) is 0 Å². The zero-order chi connectivity index (χ0) is 11.4. The fraction of sp³-hybridized carbons (Fsp3) is 0.769. The van der Waals surface area contributed by atoms with Crippen LogP contribution in [0.1, 0.15) is 45.4 Å². The van der Waals surface area contributed by atoms with Crippen LogP contribution in [-0.2, 0) is 9.53 Å². The van der Waals surface area contributed by atoms with Gasteiger partial charge in [-0.2, -0.15) is 0 Å². The fourth-order valence-corrected chi connectivity index (χ4v) is 3.92. The van der Waals surface area contributed by atoms with Gasteiger partial charge in [0, 0.05) is 10.8 Å². The standard InChI is InChI=1S/C13H20O2S/c1-2-15-13(14)11-8-12(16-9-11)10-6-4-3-5-7-10/h9-10,12H,2-8H2,1H3. The van der Waals surface area contributed by atoms with Crippen LogP contribution in [-0.4, -0.2) is 17.8 Å². The van der Waals surface area contributed by atoms with E-state index < -0.39 is 0 Å². The van der Waals surface area contributed by atoms with Gasteiger partial charge in [-0.3, -0.25) is 0 Å². The molecule has 3 heteroatoms. The molecule has 90 valence electrons. The van der Waals surface area contributed by atoms with E-state index in [4.69, 9.17) is 4.74 Å². The minimum absolute atomic E-state index is 0.103. The smallest absolute Gasteiger partial charge is 0.334 e. The van der Waals surface area contributed by atoms with Crippen molar-refractivity contribution in [1.29, 1.82) is 0 Å². The second kappa shape index (κ2) is 5.76. The predicted molar refractivity (Wildman–Crippen MR) is 67.3 cm³/mol. The molecule has 2 nitrogen and oxygen atoms in total. The summed E-state index contributed by atoms with van der Waals surface area (Å²) in [5.41, 5.74) is 0.891. The first kappa shape index (κ1) is 12.0. The fourth-order valence-electron chi connectivity index (χ4n) is 2.62. The maximum atomic E-state index is 11.6. The first-order chi connectivity index (χ1) is 7.81. The molecule has 2 rings (SSSR count). The van der Waals surface area contributed by atoms with E-state index in [9.17, 15) is 4.79 Å². The molecular weight excluding hydrogens is 220 g/mol. The highest BCUT2D eigenvalue weighted by molar-refractivity contribution is 8.03. The zero-order valence-electron chi connectivity index (χ0n) is 9.91. The molecule has 0 spiro atoms.